The first-order valence-corrected chi connectivity index (χ1v) is 7.42. The van der Waals surface area contributed by atoms with Gasteiger partial charge < -0.3 is 0 Å². The van der Waals surface area contributed by atoms with Crippen molar-refractivity contribution in [2.45, 2.75) is 65.2 Å². The van der Waals surface area contributed by atoms with Gasteiger partial charge in [0.2, 0.25) is 0 Å². The molecule has 0 radical (unpaired) electrons. The van der Waals surface area contributed by atoms with Crippen LogP contribution in [-0.4, -0.2) is 0 Å². The molecule has 2 rings (SSSR count). The van der Waals surface area contributed by atoms with Crippen molar-refractivity contribution in [3.8, 4) is 0 Å². The van der Waals surface area contributed by atoms with Gasteiger partial charge in [-0.3, -0.25) is 0 Å². The molecule has 0 saturated heterocycles. The van der Waals surface area contributed by atoms with Gasteiger partial charge in [0.05, 0.1) is 0 Å². The summed E-state index contributed by atoms with van der Waals surface area (Å²) in [5.41, 5.74) is 0. The molecule has 100 valence electrons. The molecule has 0 heteroatoms. The number of rotatable bonds is 2. The van der Waals surface area contributed by atoms with Crippen LogP contribution in [-0.2, 0) is 0 Å². The summed E-state index contributed by atoms with van der Waals surface area (Å²) in [7, 11) is 0. The fourth-order valence-corrected chi connectivity index (χ4v) is 3.84. The van der Waals surface area contributed by atoms with Crippen molar-refractivity contribution in [3.63, 3.8) is 0 Å². The minimum absolute atomic E-state index is 0. The van der Waals surface area contributed by atoms with Crippen LogP contribution in [0.15, 0.2) is 12.2 Å². The van der Waals surface area contributed by atoms with Crippen molar-refractivity contribution in [2.75, 3.05) is 0 Å². The molecule has 0 amide bonds. The highest BCUT2D eigenvalue weighted by atomic mass is 14.3. The second-order valence-electron chi connectivity index (χ2n) is 6.22. The van der Waals surface area contributed by atoms with Gasteiger partial charge in [0.1, 0.15) is 0 Å². The molecule has 0 unspecified atom stereocenters. The highest BCUT2D eigenvalue weighted by Crippen LogP contribution is 2.41. The van der Waals surface area contributed by atoms with E-state index in [-0.39, 0.29) is 5.71 Å². The molecular formula is C16H36. The average molecular weight is 228 g/mol. The Morgan fingerprint density at radius 2 is 1.31 bits per heavy atom. The molecule has 0 aromatic carbocycles. The van der Waals surface area contributed by atoms with E-state index in [1.807, 2.05) is 0 Å². The molecule has 0 spiro atoms. The predicted octanol–water partition coefficient (Wildman–Crippen LogP) is 6.18. The smallest absolute Gasteiger partial charge is 0 e. The van der Waals surface area contributed by atoms with Crippen LogP contribution in [0.3, 0.4) is 0 Å². The maximum absolute atomic E-state index is 2.43. The monoisotopic (exact) mass is 228 g/mol. The van der Waals surface area contributed by atoms with Gasteiger partial charge in [-0.15, -0.1) is 0 Å². The second kappa shape index (κ2) is 5.89. The van der Waals surface area contributed by atoms with Crippen molar-refractivity contribution >= 4 is 0 Å². The van der Waals surface area contributed by atoms with E-state index < -0.39 is 0 Å². The Bertz CT molecular complexity index is 227. The van der Waals surface area contributed by atoms with Crippen LogP contribution < -0.4 is 0 Å². The third-order valence-electron chi connectivity index (χ3n) is 5.01. The second-order valence-corrected chi connectivity index (χ2v) is 6.22. The lowest BCUT2D eigenvalue weighted by molar-refractivity contribution is 0.160. The molecule has 16 heavy (non-hydrogen) atoms. The molecule has 2 aliphatic carbocycles. The lowest BCUT2D eigenvalue weighted by atomic mass is 9.69. The predicted molar refractivity (Wildman–Crippen MR) is 79.8 cm³/mol. The third-order valence-corrected chi connectivity index (χ3v) is 5.01. The maximum Gasteiger partial charge on any atom is 0 e. The Labute approximate surface area is 107 Å². The molecule has 0 nitrogen and oxygen atoms in total. The van der Waals surface area contributed by atoms with E-state index in [0.29, 0.717) is 0 Å². The minimum Gasteiger partial charge on any atom is -0.0914 e. The average Bonchev–Trinajstić information content (AvgIpc) is 2.32. The van der Waals surface area contributed by atoms with E-state index in [4.69, 9.17) is 0 Å². The summed E-state index contributed by atoms with van der Waals surface area (Å²) in [6.07, 6.45) is 16.7. The summed E-state index contributed by atoms with van der Waals surface area (Å²) in [5, 5.41) is 0. The number of hydrogen-bond donors (Lipinski definition) is 0. The van der Waals surface area contributed by atoms with Crippen molar-refractivity contribution in [1.29, 1.82) is 0 Å². The zero-order valence-corrected chi connectivity index (χ0v) is 11.1. The van der Waals surface area contributed by atoms with Crippen molar-refractivity contribution < 1.29 is 5.71 Å². The van der Waals surface area contributed by atoms with E-state index in [9.17, 15) is 0 Å². The molecule has 2 aliphatic rings. The van der Waals surface area contributed by atoms with E-state index in [1.54, 1.807) is 0 Å². The van der Waals surface area contributed by atoms with Gasteiger partial charge in [-0.05, 0) is 69.1 Å². The molecule has 2 fully saturated rings. The van der Waals surface area contributed by atoms with Gasteiger partial charge in [0.15, 0.2) is 0 Å². The molecule has 0 aromatic rings. The highest BCUT2D eigenvalue weighted by Gasteiger charge is 2.28. The van der Waals surface area contributed by atoms with Crippen LogP contribution in [0.1, 0.15) is 70.9 Å². The van der Waals surface area contributed by atoms with E-state index >= 15 is 0 Å². The van der Waals surface area contributed by atoms with Gasteiger partial charge in [0, 0.05) is 5.71 Å². The summed E-state index contributed by atoms with van der Waals surface area (Å²) in [6, 6.07) is 0. The van der Waals surface area contributed by atoms with Gasteiger partial charge in [-0.25, -0.2) is 0 Å². The van der Waals surface area contributed by atoms with E-state index in [2.05, 4.69) is 26.0 Å². The molecule has 2 saturated carbocycles. The van der Waals surface area contributed by atoms with Crippen LogP contribution in [0.25, 0.3) is 0 Å². The summed E-state index contributed by atoms with van der Waals surface area (Å²) >= 11 is 0. The fraction of sp³-hybridized carbons (Fsp3) is 0.875. The van der Waals surface area contributed by atoms with Gasteiger partial charge in [0.25, 0.3) is 0 Å². The number of allylic oxidation sites excluding steroid dienone is 2. The summed E-state index contributed by atoms with van der Waals surface area (Å²) in [5.74, 6) is 4.08. The van der Waals surface area contributed by atoms with Crippen molar-refractivity contribution in [1.82, 2.24) is 0 Å². The lowest BCUT2D eigenvalue weighted by Gasteiger charge is -2.36. The summed E-state index contributed by atoms with van der Waals surface area (Å²) < 4.78 is 0. The van der Waals surface area contributed by atoms with E-state index in [0.717, 1.165) is 23.7 Å². The van der Waals surface area contributed by atoms with E-state index in [1.165, 1.54) is 51.4 Å². The first-order chi connectivity index (χ1) is 7.79. The summed E-state index contributed by atoms with van der Waals surface area (Å²) in [4.78, 5) is 0. The topological polar surface area (TPSA) is 0 Å². The van der Waals surface area contributed by atoms with Gasteiger partial charge in [-0.1, -0.05) is 31.9 Å². The minimum atomic E-state index is 0. The van der Waals surface area contributed by atoms with Crippen molar-refractivity contribution in [2.24, 2.45) is 23.7 Å². The Morgan fingerprint density at radius 1 is 0.812 bits per heavy atom. The molecule has 0 aromatic heterocycles. The molecule has 0 bridgehead atoms. The fourth-order valence-electron chi connectivity index (χ4n) is 3.84. The third kappa shape index (κ3) is 3.12. The Morgan fingerprint density at radius 3 is 1.81 bits per heavy atom. The maximum atomic E-state index is 2.43. The first kappa shape index (κ1) is 12.2. The van der Waals surface area contributed by atoms with Crippen LogP contribution in [0.5, 0.6) is 0 Å². The Kier molecular flexibility index (Phi) is 4.49. The van der Waals surface area contributed by atoms with Crippen LogP contribution >= 0.6 is 0 Å². The SMILES string of the molecule is C/C=C/C1CCC(C2CCC(C)CC2)CC1.[HH].[HH].[HH].[HH]. The molecular weight excluding hydrogens is 192 g/mol. The normalized spacial score (nSPS) is 41.4. The highest BCUT2D eigenvalue weighted by molar-refractivity contribution is 4.90. The lowest BCUT2D eigenvalue weighted by Crippen LogP contribution is -2.24. The zero-order chi connectivity index (χ0) is 11.4. The van der Waals surface area contributed by atoms with Crippen LogP contribution in [0.4, 0.5) is 0 Å². The van der Waals surface area contributed by atoms with Gasteiger partial charge in [-0.2, -0.15) is 0 Å². The molecule has 0 atom stereocenters. The zero-order valence-electron chi connectivity index (χ0n) is 11.1. The Balaban J connectivity index is -0.000000722. The standard InChI is InChI=1S/C16H28.4H2/c1-3-4-14-7-11-16(12-8-14)15-9-5-13(2)6-10-15;;;;/h3-4,13-16H,5-12H2,1-2H3;4*1H/b4-3+;;;;. The summed E-state index contributed by atoms with van der Waals surface area (Å²) in [6.45, 7) is 4.59. The molecule has 0 aliphatic heterocycles. The molecule has 0 heterocycles. The first-order valence-electron chi connectivity index (χ1n) is 7.42. The largest absolute Gasteiger partial charge is 0.0914 e. The Hall–Kier alpha value is -0.260. The van der Waals surface area contributed by atoms with Crippen LogP contribution in [0.2, 0.25) is 0 Å². The molecule has 0 N–H and O–H groups in total. The van der Waals surface area contributed by atoms with Crippen LogP contribution in [0, 0.1) is 23.7 Å². The van der Waals surface area contributed by atoms with Gasteiger partial charge >= 0.3 is 0 Å². The number of hydrogen-bond acceptors (Lipinski definition) is 0. The van der Waals surface area contributed by atoms with Crippen molar-refractivity contribution in [3.05, 3.63) is 12.2 Å². The quantitative estimate of drug-likeness (QED) is 0.495.